The molecule has 0 bridgehead atoms. The van der Waals surface area contributed by atoms with E-state index in [0.717, 1.165) is 6.07 Å². The highest BCUT2D eigenvalue weighted by Crippen LogP contribution is 2.15. The zero-order valence-corrected chi connectivity index (χ0v) is 7.75. The molecule has 0 unspecified atom stereocenters. The van der Waals surface area contributed by atoms with E-state index in [1.165, 1.54) is 0 Å². The molecule has 0 N–H and O–H groups in total. The van der Waals surface area contributed by atoms with Gasteiger partial charge in [-0.1, -0.05) is 0 Å². The average molecular weight is 206 g/mol. The Morgan fingerprint density at radius 1 is 1.00 bits per heavy atom. The van der Waals surface area contributed by atoms with Crippen molar-refractivity contribution in [3.63, 3.8) is 0 Å². The Bertz CT molecular complexity index is 299. The van der Waals surface area contributed by atoms with Crippen LogP contribution in [0.1, 0.15) is 12.0 Å². The van der Waals surface area contributed by atoms with Gasteiger partial charge in [0.1, 0.15) is 5.82 Å². The van der Waals surface area contributed by atoms with Crippen LogP contribution in [0.5, 0.6) is 0 Å². The van der Waals surface area contributed by atoms with Crippen LogP contribution in [0.4, 0.5) is 13.2 Å². The largest absolute Gasteiger partial charge is 0.207 e. The highest BCUT2D eigenvalue weighted by molar-refractivity contribution is 7.80. The fraction of sp³-hybridized carbons (Fsp3) is 0.333. The number of thiol groups is 1. The van der Waals surface area contributed by atoms with Gasteiger partial charge in [0.25, 0.3) is 0 Å². The fourth-order valence-corrected chi connectivity index (χ4v) is 1.18. The van der Waals surface area contributed by atoms with E-state index in [0.29, 0.717) is 24.7 Å². The van der Waals surface area contributed by atoms with E-state index in [1.54, 1.807) is 0 Å². The van der Waals surface area contributed by atoms with Crippen molar-refractivity contribution < 1.29 is 13.2 Å². The average Bonchev–Trinajstić information content (AvgIpc) is 2.09. The Morgan fingerprint density at radius 3 is 2.23 bits per heavy atom. The molecule has 1 aromatic rings. The van der Waals surface area contributed by atoms with Gasteiger partial charge < -0.3 is 0 Å². The monoisotopic (exact) mass is 206 g/mol. The maximum absolute atomic E-state index is 12.9. The van der Waals surface area contributed by atoms with E-state index in [4.69, 9.17) is 0 Å². The number of hydrogen-bond donors (Lipinski definition) is 1. The maximum atomic E-state index is 12.9. The molecule has 0 fully saturated rings. The summed E-state index contributed by atoms with van der Waals surface area (Å²) >= 11 is 3.94. The maximum Gasteiger partial charge on any atom is 0.161 e. The third-order valence-corrected chi connectivity index (χ3v) is 2.01. The number of benzene rings is 1. The van der Waals surface area contributed by atoms with Crippen LogP contribution in [0.3, 0.4) is 0 Å². The number of hydrogen-bond acceptors (Lipinski definition) is 1. The summed E-state index contributed by atoms with van der Waals surface area (Å²) in [6.45, 7) is 0. The lowest BCUT2D eigenvalue weighted by Gasteiger charge is -2.02. The van der Waals surface area contributed by atoms with Gasteiger partial charge in [-0.2, -0.15) is 12.6 Å². The van der Waals surface area contributed by atoms with Crippen molar-refractivity contribution in [2.45, 2.75) is 12.8 Å². The summed E-state index contributed by atoms with van der Waals surface area (Å²) in [6.07, 6.45) is 1.03. The molecule has 0 saturated heterocycles. The Labute approximate surface area is 80.2 Å². The van der Waals surface area contributed by atoms with E-state index in [9.17, 15) is 13.2 Å². The molecule has 1 rings (SSSR count). The second-order valence-electron chi connectivity index (χ2n) is 2.68. The van der Waals surface area contributed by atoms with Crippen LogP contribution in [0, 0.1) is 17.5 Å². The van der Waals surface area contributed by atoms with Crippen molar-refractivity contribution >= 4 is 12.6 Å². The van der Waals surface area contributed by atoms with Crippen LogP contribution >= 0.6 is 12.6 Å². The molecule has 0 aliphatic heterocycles. The van der Waals surface area contributed by atoms with Crippen molar-refractivity contribution in [1.29, 1.82) is 0 Å². The first kappa shape index (κ1) is 10.4. The molecule has 72 valence electrons. The molecule has 1 aromatic carbocycles. The summed E-state index contributed by atoms with van der Waals surface area (Å²) in [5.41, 5.74) is 0.202. The van der Waals surface area contributed by atoms with Crippen LogP contribution < -0.4 is 0 Å². The van der Waals surface area contributed by atoms with Gasteiger partial charge in [-0.15, -0.1) is 0 Å². The van der Waals surface area contributed by atoms with Crippen molar-refractivity contribution in [2.75, 3.05) is 5.75 Å². The minimum absolute atomic E-state index is 0.202. The van der Waals surface area contributed by atoms with Gasteiger partial charge in [0.15, 0.2) is 11.6 Å². The lowest BCUT2D eigenvalue weighted by atomic mass is 10.1. The first-order chi connectivity index (χ1) is 6.15. The molecule has 0 saturated carbocycles. The molecule has 0 nitrogen and oxygen atoms in total. The lowest BCUT2D eigenvalue weighted by Crippen LogP contribution is -1.96. The first-order valence-electron chi connectivity index (χ1n) is 3.89. The zero-order chi connectivity index (χ0) is 9.84. The Balaban J connectivity index is 2.88. The molecule has 0 aromatic heterocycles. The van der Waals surface area contributed by atoms with E-state index in [2.05, 4.69) is 12.6 Å². The van der Waals surface area contributed by atoms with Gasteiger partial charge >= 0.3 is 0 Å². The predicted octanol–water partition coefficient (Wildman–Crippen LogP) is 2.97. The minimum Gasteiger partial charge on any atom is -0.207 e. The number of aryl methyl sites for hydroxylation is 1. The van der Waals surface area contributed by atoms with E-state index in [1.807, 2.05) is 0 Å². The quantitative estimate of drug-likeness (QED) is 0.570. The van der Waals surface area contributed by atoms with Gasteiger partial charge in [0.2, 0.25) is 0 Å². The smallest absolute Gasteiger partial charge is 0.161 e. The van der Waals surface area contributed by atoms with Crippen LogP contribution in [0.25, 0.3) is 0 Å². The Morgan fingerprint density at radius 2 is 1.62 bits per heavy atom. The normalized spacial score (nSPS) is 10.5. The molecule has 0 spiro atoms. The molecule has 0 atom stereocenters. The highest BCUT2D eigenvalue weighted by atomic mass is 32.1. The second kappa shape index (κ2) is 4.56. The van der Waals surface area contributed by atoms with Gasteiger partial charge in [0.05, 0.1) is 0 Å². The van der Waals surface area contributed by atoms with Crippen LogP contribution in [-0.2, 0) is 6.42 Å². The second-order valence-corrected chi connectivity index (χ2v) is 3.13. The molecule has 0 aliphatic carbocycles. The van der Waals surface area contributed by atoms with Crippen molar-refractivity contribution in [3.8, 4) is 0 Å². The summed E-state index contributed by atoms with van der Waals surface area (Å²) in [5.74, 6) is -2.25. The fourth-order valence-electron chi connectivity index (χ4n) is 1.02. The van der Waals surface area contributed by atoms with Crippen molar-refractivity contribution in [3.05, 3.63) is 35.1 Å². The van der Waals surface area contributed by atoms with Crippen molar-refractivity contribution in [1.82, 2.24) is 0 Å². The Hall–Kier alpha value is -0.640. The molecule has 0 heterocycles. The van der Waals surface area contributed by atoms with Crippen molar-refractivity contribution in [2.24, 2.45) is 0 Å². The SMILES string of the molecule is Fc1cc(F)c(CCCS)cc1F. The third kappa shape index (κ3) is 2.66. The number of halogens is 3. The molecule has 13 heavy (non-hydrogen) atoms. The van der Waals surface area contributed by atoms with E-state index < -0.39 is 17.5 Å². The molecule has 0 aliphatic rings. The zero-order valence-electron chi connectivity index (χ0n) is 6.86. The van der Waals surface area contributed by atoms with Crippen LogP contribution in [0.15, 0.2) is 12.1 Å². The van der Waals surface area contributed by atoms with Gasteiger partial charge in [-0.3, -0.25) is 0 Å². The van der Waals surface area contributed by atoms with E-state index in [-0.39, 0.29) is 5.56 Å². The van der Waals surface area contributed by atoms with E-state index >= 15 is 0 Å². The summed E-state index contributed by atoms with van der Waals surface area (Å²) in [6, 6.07) is 1.47. The standard InChI is InChI=1S/C9H9F3S/c10-7-5-9(12)8(11)4-6(7)2-1-3-13/h4-5,13H,1-3H2. The van der Waals surface area contributed by atoms with Crippen LogP contribution in [0.2, 0.25) is 0 Å². The van der Waals surface area contributed by atoms with Gasteiger partial charge in [0, 0.05) is 6.07 Å². The van der Waals surface area contributed by atoms with Gasteiger partial charge in [-0.25, -0.2) is 13.2 Å². The first-order valence-corrected chi connectivity index (χ1v) is 4.52. The molecule has 0 radical (unpaired) electrons. The summed E-state index contributed by atoms with van der Waals surface area (Å²) in [7, 11) is 0. The summed E-state index contributed by atoms with van der Waals surface area (Å²) < 4.78 is 38.0. The third-order valence-electron chi connectivity index (χ3n) is 1.69. The highest BCUT2D eigenvalue weighted by Gasteiger charge is 2.08. The molecule has 0 amide bonds. The molecular formula is C9H9F3S. The number of rotatable bonds is 3. The predicted molar refractivity (Wildman–Crippen MR) is 48.5 cm³/mol. The lowest BCUT2D eigenvalue weighted by molar-refractivity contribution is 0.489. The summed E-state index contributed by atoms with van der Waals surface area (Å²) in [5, 5.41) is 0. The van der Waals surface area contributed by atoms with Gasteiger partial charge in [-0.05, 0) is 30.2 Å². The van der Waals surface area contributed by atoms with Crippen LogP contribution in [-0.4, -0.2) is 5.75 Å². The molecule has 4 heteroatoms. The Kier molecular flexibility index (Phi) is 3.66. The molecular weight excluding hydrogens is 197 g/mol. The topological polar surface area (TPSA) is 0 Å². The minimum atomic E-state index is -1.15. The summed E-state index contributed by atoms with van der Waals surface area (Å²) in [4.78, 5) is 0.